The Kier molecular flexibility index (Phi) is 7.62. The molecule has 1 aliphatic carbocycles. The van der Waals surface area contributed by atoms with Crippen LogP contribution in [0.1, 0.15) is 38.2 Å². The topological polar surface area (TPSA) is 135 Å². The number of carbonyl (C=O) groups is 1. The molecular weight excluding hydrogens is 419 g/mol. The standard InChI is InChI=1S/C17H21FN6O3S2/c1-8-3-4-9(5-10(8)18)11(7-28)21-23-22-13(25)6-12(29)14-15(19)20-17(27)24(2)16(14)26/h7,9,11H,3-6,19H2,1-2H3,(H,20,27)(H,21,22,25). The van der Waals surface area contributed by atoms with Crippen LogP contribution in [-0.2, 0) is 11.8 Å². The molecule has 1 heterocycles. The van der Waals surface area contributed by atoms with Gasteiger partial charge in [0.25, 0.3) is 5.56 Å². The summed E-state index contributed by atoms with van der Waals surface area (Å²) in [5, 5.41) is 9.00. The van der Waals surface area contributed by atoms with Crippen LogP contribution in [0, 0.1) is 5.92 Å². The van der Waals surface area contributed by atoms with Gasteiger partial charge < -0.3 is 5.73 Å². The predicted molar refractivity (Wildman–Crippen MR) is 115 cm³/mol. The van der Waals surface area contributed by atoms with E-state index in [1.807, 2.05) is 0 Å². The highest BCUT2D eigenvalue weighted by atomic mass is 32.1. The average Bonchev–Trinajstić information content (AvgIpc) is 2.65. The molecule has 0 radical (unpaired) electrons. The molecule has 2 rings (SSSR count). The second-order valence-corrected chi connectivity index (χ2v) is 7.51. The normalized spacial score (nSPS) is 18.0. The Morgan fingerprint density at radius 1 is 1.52 bits per heavy atom. The molecule has 12 heteroatoms. The van der Waals surface area contributed by atoms with Gasteiger partial charge in [0.15, 0.2) is 0 Å². The van der Waals surface area contributed by atoms with E-state index in [1.54, 1.807) is 6.92 Å². The van der Waals surface area contributed by atoms with Gasteiger partial charge in [0.2, 0.25) is 5.91 Å². The summed E-state index contributed by atoms with van der Waals surface area (Å²) in [4.78, 5) is 38.0. The molecule has 29 heavy (non-hydrogen) atoms. The van der Waals surface area contributed by atoms with Crippen LogP contribution in [0.25, 0.3) is 0 Å². The number of nitrogens with one attached hydrogen (secondary N) is 2. The minimum Gasteiger partial charge on any atom is -0.384 e. The fourth-order valence-electron chi connectivity index (χ4n) is 2.90. The van der Waals surface area contributed by atoms with E-state index in [4.69, 9.17) is 30.2 Å². The first-order chi connectivity index (χ1) is 13.6. The van der Waals surface area contributed by atoms with Gasteiger partial charge in [0.05, 0.1) is 17.8 Å². The van der Waals surface area contributed by atoms with Crippen LogP contribution in [0.4, 0.5) is 10.2 Å². The molecule has 4 N–H and O–H groups in total. The van der Waals surface area contributed by atoms with E-state index < -0.39 is 23.2 Å². The zero-order valence-corrected chi connectivity index (χ0v) is 17.5. The van der Waals surface area contributed by atoms with Gasteiger partial charge in [-0.3, -0.25) is 19.1 Å². The van der Waals surface area contributed by atoms with Gasteiger partial charge >= 0.3 is 5.69 Å². The van der Waals surface area contributed by atoms with Crippen LogP contribution in [0.5, 0.6) is 0 Å². The van der Waals surface area contributed by atoms with E-state index >= 15 is 0 Å². The fourth-order valence-corrected chi connectivity index (χ4v) is 3.50. The number of anilines is 1. The zero-order valence-electron chi connectivity index (χ0n) is 15.9. The molecule has 0 bridgehead atoms. The highest BCUT2D eigenvalue weighted by Crippen LogP contribution is 2.32. The molecular formula is C17H21FN6O3S2. The Balaban J connectivity index is 2.00. The number of halogens is 1. The summed E-state index contributed by atoms with van der Waals surface area (Å²) in [7, 11) is 1.26. The molecule has 0 aromatic carbocycles. The Bertz CT molecular complexity index is 1010. The molecule has 0 spiro atoms. The van der Waals surface area contributed by atoms with Crippen LogP contribution in [0.2, 0.25) is 0 Å². The molecule has 0 aliphatic heterocycles. The van der Waals surface area contributed by atoms with E-state index in [2.05, 4.69) is 20.7 Å². The van der Waals surface area contributed by atoms with Crippen molar-refractivity contribution in [2.75, 3.05) is 5.73 Å². The quantitative estimate of drug-likeness (QED) is 0.255. The minimum atomic E-state index is -0.700. The first-order valence-corrected chi connectivity index (χ1v) is 9.63. The van der Waals surface area contributed by atoms with Crippen molar-refractivity contribution in [1.82, 2.24) is 15.0 Å². The summed E-state index contributed by atoms with van der Waals surface area (Å²) in [6, 6.07) is -0.516. The number of hydrogen-bond acceptors (Lipinski definition) is 8. The number of carbonyl (C=O) groups excluding carboxylic acids is 1. The van der Waals surface area contributed by atoms with Crippen molar-refractivity contribution in [3.05, 3.63) is 37.8 Å². The third-order valence-electron chi connectivity index (χ3n) is 4.72. The second kappa shape index (κ2) is 9.74. The summed E-state index contributed by atoms with van der Waals surface area (Å²) in [5.41, 5.74) is 7.08. The molecule has 2 atom stereocenters. The molecule has 0 fully saturated rings. The third kappa shape index (κ3) is 5.48. The maximum atomic E-state index is 13.8. The number of hydrogen-bond donors (Lipinski definition) is 3. The van der Waals surface area contributed by atoms with E-state index in [1.165, 1.54) is 12.4 Å². The van der Waals surface area contributed by atoms with Crippen LogP contribution >= 0.6 is 24.4 Å². The lowest BCUT2D eigenvalue weighted by Gasteiger charge is -2.24. The lowest BCUT2D eigenvalue weighted by molar-refractivity contribution is -0.120. The van der Waals surface area contributed by atoms with E-state index in [-0.39, 0.29) is 40.8 Å². The molecule has 156 valence electrons. The molecule has 0 saturated carbocycles. The lowest BCUT2D eigenvalue weighted by Crippen LogP contribution is -2.38. The Morgan fingerprint density at radius 2 is 2.21 bits per heavy atom. The Hall–Kier alpha value is -2.60. The maximum Gasteiger partial charge on any atom is 0.329 e. The van der Waals surface area contributed by atoms with Crippen LogP contribution < -0.4 is 22.4 Å². The Morgan fingerprint density at radius 3 is 2.83 bits per heavy atom. The number of amides is 1. The molecule has 1 amide bonds. The smallest absolute Gasteiger partial charge is 0.329 e. The first-order valence-electron chi connectivity index (χ1n) is 8.75. The van der Waals surface area contributed by atoms with Gasteiger partial charge in [0.1, 0.15) is 11.9 Å². The fraction of sp³-hybridized carbons (Fsp3) is 0.471. The van der Waals surface area contributed by atoms with Crippen molar-refractivity contribution in [3.8, 4) is 0 Å². The largest absolute Gasteiger partial charge is 0.384 e. The van der Waals surface area contributed by atoms with Crippen LogP contribution in [0.15, 0.2) is 31.3 Å². The predicted octanol–water partition coefficient (Wildman–Crippen LogP) is 1.66. The highest BCUT2D eigenvalue weighted by molar-refractivity contribution is 7.81. The number of aromatic amines is 1. The SMILES string of the molecule is CC1=C(F)CC(C(C=S)N=NNC(=O)CC(=S)c2c(N)[nH]c(=O)n(C)c2=O)CC1. The molecule has 9 nitrogen and oxygen atoms in total. The lowest BCUT2D eigenvalue weighted by atomic mass is 9.85. The summed E-state index contributed by atoms with van der Waals surface area (Å²) >= 11 is 10.1. The number of rotatable bonds is 7. The zero-order chi connectivity index (χ0) is 21.7. The highest BCUT2D eigenvalue weighted by Gasteiger charge is 2.26. The van der Waals surface area contributed by atoms with Crippen molar-refractivity contribution in [1.29, 1.82) is 0 Å². The summed E-state index contributed by atoms with van der Waals surface area (Å²) in [5.74, 6) is -1.12. The number of nitrogens with two attached hydrogens (primary N) is 1. The van der Waals surface area contributed by atoms with Crippen molar-refractivity contribution < 1.29 is 9.18 Å². The van der Waals surface area contributed by atoms with Crippen molar-refractivity contribution in [3.63, 3.8) is 0 Å². The molecule has 1 aromatic heterocycles. The van der Waals surface area contributed by atoms with Crippen LogP contribution in [-0.4, -0.2) is 31.7 Å². The molecule has 1 aromatic rings. The number of aromatic nitrogens is 2. The van der Waals surface area contributed by atoms with E-state index in [9.17, 15) is 18.8 Å². The number of H-pyrrole nitrogens is 1. The minimum absolute atomic E-state index is 0.0478. The van der Waals surface area contributed by atoms with Gasteiger partial charge in [-0.1, -0.05) is 29.7 Å². The van der Waals surface area contributed by atoms with Crippen molar-refractivity contribution >= 4 is 46.4 Å². The monoisotopic (exact) mass is 440 g/mol. The number of allylic oxidation sites excluding steroid dienone is 2. The summed E-state index contributed by atoms with van der Waals surface area (Å²) in [6.07, 6.45) is 1.22. The average molecular weight is 441 g/mol. The third-order valence-corrected chi connectivity index (χ3v) is 5.34. The van der Waals surface area contributed by atoms with Gasteiger partial charge in [0, 0.05) is 23.7 Å². The molecule has 1 aliphatic rings. The van der Waals surface area contributed by atoms with Crippen molar-refractivity contribution in [2.45, 2.75) is 38.6 Å². The number of nitrogen functional groups attached to an aromatic ring is 1. The Labute approximate surface area is 176 Å². The summed E-state index contributed by atoms with van der Waals surface area (Å²) in [6.45, 7) is 1.76. The van der Waals surface area contributed by atoms with Gasteiger partial charge in [-0.25, -0.2) is 14.6 Å². The molecule has 2 unspecified atom stereocenters. The number of thiocarbonyl (C=S) groups is 2. The second-order valence-electron chi connectivity index (χ2n) is 6.75. The van der Waals surface area contributed by atoms with Gasteiger partial charge in [-0.05, 0) is 31.3 Å². The summed E-state index contributed by atoms with van der Waals surface area (Å²) < 4.78 is 14.6. The number of nitrogens with zero attached hydrogens (tertiary/aromatic N) is 3. The van der Waals surface area contributed by atoms with E-state index in [0.29, 0.717) is 6.42 Å². The maximum absolute atomic E-state index is 13.8. The van der Waals surface area contributed by atoms with Gasteiger partial charge in [-0.15, -0.1) is 0 Å². The van der Waals surface area contributed by atoms with Crippen LogP contribution in [0.3, 0.4) is 0 Å². The van der Waals surface area contributed by atoms with E-state index in [0.717, 1.165) is 16.6 Å². The first kappa shape index (κ1) is 22.7. The van der Waals surface area contributed by atoms with Gasteiger partial charge in [-0.2, -0.15) is 5.11 Å². The van der Waals surface area contributed by atoms with Crippen molar-refractivity contribution in [2.24, 2.45) is 23.3 Å². The molecule has 0 saturated heterocycles.